The number of rotatable bonds is 8. The molecule has 1 aliphatic carbocycles. The van der Waals surface area contributed by atoms with Crippen molar-refractivity contribution < 1.29 is 4.74 Å². The minimum absolute atomic E-state index is 0.786. The van der Waals surface area contributed by atoms with Gasteiger partial charge in [-0.3, -0.25) is 0 Å². The fourth-order valence-corrected chi connectivity index (χ4v) is 3.46. The Labute approximate surface area is 153 Å². The van der Waals surface area contributed by atoms with Crippen molar-refractivity contribution in [1.29, 1.82) is 0 Å². The summed E-state index contributed by atoms with van der Waals surface area (Å²) in [6.07, 6.45) is 21.3. The second kappa shape index (κ2) is 10.9. The monoisotopic (exact) mass is 339 g/mol. The maximum Gasteiger partial charge on any atom is 0.118 e. The lowest BCUT2D eigenvalue weighted by atomic mass is 10.0. The highest BCUT2D eigenvalue weighted by Crippen LogP contribution is 2.21. The highest BCUT2D eigenvalue weighted by Gasteiger charge is 2.15. The predicted molar refractivity (Wildman–Crippen MR) is 108 cm³/mol. The molecule has 0 amide bonds. The van der Waals surface area contributed by atoms with Crippen LogP contribution in [-0.2, 0) is 4.74 Å². The number of hydrogen-bond donors (Lipinski definition) is 0. The van der Waals surface area contributed by atoms with E-state index in [1.54, 1.807) is 0 Å². The van der Waals surface area contributed by atoms with Gasteiger partial charge in [0.2, 0.25) is 0 Å². The summed E-state index contributed by atoms with van der Waals surface area (Å²) in [7, 11) is 0. The Morgan fingerprint density at radius 2 is 2.28 bits per heavy atom. The molecule has 1 heterocycles. The summed E-state index contributed by atoms with van der Waals surface area (Å²) in [4.78, 5) is 2.58. The van der Waals surface area contributed by atoms with E-state index in [2.05, 4.69) is 60.9 Å². The molecule has 25 heavy (non-hydrogen) atoms. The van der Waals surface area contributed by atoms with Gasteiger partial charge in [-0.05, 0) is 68.4 Å². The number of ether oxygens (including phenoxy) is 1. The Bertz CT molecular complexity index is 577. The molecule has 1 aliphatic heterocycles. The Hall–Kier alpha value is -1.80. The lowest BCUT2D eigenvalue weighted by molar-refractivity contribution is 0.154. The molecule has 136 valence electrons. The minimum atomic E-state index is 0.786. The van der Waals surface area contributed by atoms with E-state index in [-0.39, 0.29) is 0 Å². The van der Waals surface area contributed by atoms with E-state index in [4.69, 9.17) is 4.74 Å². The van der Waals surface area contributed by atoms with Crippen molar-refractivity contribution in [3.63, 3.8) is 0 Å². The molecule has 0 N–H and O–H groups in total. The first kappa shape index (κ1) is 19.5. The van der Waals surface area contributed by atoms with E-state index in [1.165, 1.54) is 37.1 Å². The van der Waals surface area contributed by atoms with Crippen LogP contribution in [0.1, 0.15) is 39.5 Å². The summed E-state index contributed by atoms with van der Waals surface area (Å²) in [5.41, 5.74) is 2.49. The van der Waals surface area contributed by atoms with Crippen molar-refractivity contribution >= 4 is 0 Å². The summed E-state index contributed by atoms with van der Waals surface area (Å²) in [6.45, 7) is 12.6. The largest absolute Gasteiger partial charge is 0.494 e. The molecule has 2 heteroatoms. The first-order valence-corrected chi connectivity index (χ1v) is 9.61. The number of nitrogens with zero attached hydrogens (tertiary/aromatic N) is 1. The van der Waals surface area contributed by atoms with Gasteiger partial charge in [-0.25, -0.2) is 0 Å². The van der Waals surface area contributed by atoms with Gasteiger partial charge in [0.25, 0.3) is 0 Å². The Morgan fingerprint density at radius 3 is 3.04 bits per heavy atom. The number of allylic oxidation sites excluding steroid dienone is 10. The van der Waals surface area contributed by atoms with E-state index in [1.807, 2.05) is 13.0 Å². The van der Waals surface area contributed by atoms with Crippen LogP contribution in [0.3, 0.4) is 0 Å². The molecule has 1 atom stereocenters. The molecular formula is C23H33NO. The minimum Gasteiger partial charge on any atom is -0.494 e. The zero-order chi connectivity index (χ0) is 17.9. The van der Waals surface area contributed by atoms with Crippen LogP contribution in [0.25, 0.3) is 0 Å². The second-order valence-corrected chi connectivity index (χ2v) is 6.98. The van der Waals surface area contributed by atoms with Gasteiger partial charge in [0, 0.05) is 13.1 Å². The predicted octanol–water partition coefficient (Wildman–Crippen LogP) is 5.58. The van der Waals surface area contributed by atoms with E-state index in [0.29, 0.717) is 0 Å². The second-order valence-electron chi connectivity index (χ2n) is 6.98. The Balaban J connectivity index is 1.82. The quantitative estimate of drug-likeness (QED) is 0.422. The van der Waals surface area contributed by atoms with Gasteiger partial charge in [0.1, 0.15) is 5.76 Å². The first-order valence-electron chi connectivity index (χ1n) is 9.61. The van der Waals surface area contributed by atoms with E-state index >= 15 is 0 Å². The Kier molecular flexibility index (Phi) is 8.54. The molecule has 0 bridgehead atoms. The molecule has 2 aliphatic rings. The molecule has 2 rings (SSSR count). The molecule has 0 unspecified atom stereocenters. The highest BCUT2D eigenvalue weighted by molar-refractivity contribution is 5.46. The molecule has 0 spiro atoms. The van der Waals surface area contributed by atoms with Crippen LogP contribution in [0, 0.1) is 5.92 Å². The summed E-state index contributed by atoms with van der Waals surface area (Å²) >= 11 is 0. The lowest BCUT2D eigenvalue weighted by Gasteiger charge is -2.30. The molecule has 0 aromatic rings. The van der Waals surface area contributed by atoms with E-state index in [9.17, 15) is 0 Å². The van der Waals surface area contributed by atoms with Gasteiger partial charge in [0.05, 0.1) is 6.61 Å². The van der Waals surface area contributed by atoms with Gasteiger partial charge in [-0.15, -0.1) is 0 Å². The Morgan fingerprint density at radius 1 is 1.40 bits per heavy atom. The van der Waals surface area contributed by atoms with Gasteiger partial charge in [-0.2, -0.15) is 0 Å². The standard InChI is InChI=1S/C23H33NO/c1-4-9-21(10-5-2)22-12-6-13-23(15-14-22)25-18-8-17-24-16-7-11-20(3)19-24/h4-6,9-10,13-15,20H,1,7-8,11-12,16-19H2,2-3H3/b10-5-,21-9+/t20-/m0/s1. The van der Waals surface area contributed by atoms with Crippen molar-refractivity contribution in [1.82, 2.24) is 4.90 Å². The van der Waals surface area contributed by atoms with Crippen LogP contribution in [0.15, 0.2) is 72.1 Å². The number of likely N-dealkylation sites (tertiary alicyclic amines) is 1. The van der Waals surface area contributed by atoms with Crippen LogP contribution in [0.4, 0.5) is 0 Å². The summed E-state index contributed by atoms with van der Waals surface area (Å²) < 4.78 is 5.97. The molecule has 0 aromatic heterocycles. The number of piperidine rings is 1. The SMILES string of the molecule is C=C/C=C(\C=C/C)C1=CC=C(OCCCN2CCC[C@H](C)C2)C=CC1. The normalized spacial score (nSPS) is 22.5. The maximum absolute atomic E-state index is 5.97. The zero-order valence-electron chi connectivity index (χ0n) is 15.9. The molecule has 0 aromatic carbocycles. The molecule has 1 fully saturated rings. The zero-order valence-corrected chi connectivity index (χ0v) is 15.9. The molecule has 0 saturated carbocycles. The van der Waals surface area contributed by atoms with Crippen molar-refractivity contribution in [2.24, 2.45) is 5.92 Å². The average molecular weight is 340 g/mol. The van der Waals surface area contributed by atoms with Crippen molar-refractivity contribution in [2.75, 3.05) is 26.2 Å². The highest BCUT2D eigenvalue weighted by atomic mass is 16.5. The first-order chi connectivity index (χ1) is 12.2. The van der Waals surface area contributed by atoms with Crippen LogP contribution in [-0.4, -0.2) is 31.1 Å². The van der Waals surface area contributed by atoms with Crippen molar-refractivity contribution in [3.8, 4) is 0 Å². The smallest absolute Gasteiger partial charge is 0.118 e. The van der Waals surface area contributed by atoms with Gasteiger partial charge >= 0.3 is 0 Å². The van der Waals surface area contributed by atoms with E-state index < -0.39 is 0 Å². The van der Waals surface area contributed by atoms with Crippen molar-refractivity contribution in [2.45, 2.75) is 39.5 Å². The third-order valence-corrected chi connectivity index (χ3v) is 4.71. The average Bonchev–Trinajstić information content (AvgIpc) is 2.84. The van der Waals surface area contributed by atoms with Gasteiger partial charge < -0.3 is 9.64 Å². The summed E-state index contributed by atoms with van der Waals surface area (Å²) in [5, 5.41) is 0. The van der Waals surface area contributed by atoms with Gasteiger partial charge in [-0.1, -0.05) is 50.0 Å². The maximum atomic E-state index is 5.97. The van der Waals surface area contributed by atoms with E-state index in [0.717, 1.165) is 37.7 Å². The summed E-state index contributed by atoms with van der Waals surface area (Å²) in [6, 6.07) is 0. The fraction of sp³-hybridized carbons (Fsp3) is 0.478. The third-order valence-electron chi connectivity index (χ3n) is 4.71. The topological polar surface area (TPSA) is 12.5 Å². The molecule has 2 nitrogen and oxygen atoms in total. The fourth-order valence-electron chi connectivity index (χ4n) is 3.46. The summed E-state index contributed by atoms with van der Waals surface area (Å²) in [5.74, 6) is 1.81. The van der Waals surface area contributed by atoms with Crippen LogP contribution < -0.4 is 0 Å². The number of hydrogen-bond acceptors (Lipinski definition) is 2. The molecular weight excluding hydrogens is 306 g/mol. The van der Waals surface area contributed by atoms with Crippen LogP contribution in [0.5, 0.6) is 0 Å². The van der Waals surface area contributed by atoms with Crippen LogP contribution >= 0.6 is 0 Å². The molecule has 0 radical (unpaired) electrons. The lowest BCUT2D eigenvalue weighted by Crippen LogP contribution is -2.35. The van der Waals surface area contributed by atoms with Crippen molar-refractivity contribution in [3.05, 3.63) is 72.1 Å². The van der Waals surface area contributed by atoms with Crippen LogP contribution in [0.2, 0.25) is 0 Å². The third kappa shape index (κ3) is 6.91. The van der Waals surface area contributed by atoms with Gasteiger partial charge in [0.15, 0.2) is 0 Å². The molecule has 1 saturated heterocycles.